The van der Waals surface area contributed by atoms with Gasteiger partial charge in [0.25, 0.3) is 0 Å². The maximum absolute atomic E-state index is 11.7. The predicted octanol–water partition coefficient (Wildman–Crippen LogP) is 0.633. The molecule has 2 aromatic rings. The molecule has 1 aromatic carbocycles. The molecule has 0 bridgehead atoms. The molecular formula is C11H9NO4Se. The van der Waals surface area contributed by atoms with Crippen molar-refractivity contribution in [1.29, 1.82) is 0 Å². The van der Waals surface area contributed by atoms with Crippen LogP contribution in [0.3, 0.4) is 0 Å². The summed E-state index contributed by atoms with van der Waals surface area (Å²) >= 11 is -0.293. The second-order valence-electron chi connectivity index (χ2n) is 3.54. The van der Waals surface area contributed by atoms with Gasteiger partial charge >= 0.3 is 102 Å². The third-order valence-electron chi connectivity index (χ3n) is 2.31. The Morgan fingerprint density at radius 3 is 2.76 bits per heavy atom. The van der Waals surface area contributed by atoms with Crippen LogP contribution in [0.15, 0.2) is 23.0 Å². The zero-order valence-electron chi connectivity index (χ0n) is 8.73. The molecule has 1 heterocycles. The van der Waals surface area contributed by atoms with Crippen LogP contribution in [-0.4, -0.2) is 36.3 Å². The van der Waals surface area contributed by atoms with Crippen LogP contribution in [0.4, 0.5) is 0 Å². The minimum absolute atomic E-state index is 0.0114. The molecule has 88 valence electrons. The van der Waals surface area contributed by atoms with Crippen molar-refractivity contribution in [1.82, 2.24) is 4.98 Å². The van der Waals surface area contributed by atoms with E-state index < -0.39 is 5.97 Å². The first kappa shape index (κ1) is 11.8. The third-order valence-corrected chi connectivity index (χ3v) is 4.08. The van der Waals surface area contributed by atoms with Crippen molar-refractivity contribution >= 4 is 36.0 Å². The summed E-state index contributed by atoms with van der Waals surface area (Å²) in [5.74, 6) is -1.19. The van der Waals surface area contributed by atoms with E-state index in [0.29, 0.717) is 5.56 Å². The van der Waals surface area contributed by atoms with Crippen LogP contribution in [0.5, 0.6) is 0 Å². The van der Waals surface area contributed by atoms with Crippen LogP contribution in [0, 0.1) is 0 Å². The number of nitrogens with one attached hydrogen (secondary N) is 1. The van der Waals surface area contributed by atoms with Gasteiger partial charge in [0.15, 0.2) is 0 Å². The van der Waals surface area contributed by atoms with Crippen LogP contribution in [0.1, 0.15) is 23.2 Å². The van der Waals surface area contributed by atoms with Crippen LogP contribution >= 0.6 is 0 Å². The number of rotatable bonds is 4. The van der Waals surface area contributed by atoms with Gasteiger partial charge in [-0.3, -0.25) is 0 Å². The van der Waals surface area contributed by atoms with Crippen molar-refractivity contribution in [2.24, 2.45) is 0 Å². The second kappa shape index (κ2) is 4.69. The van der Waals surface area contributed by atoms with E-state index in [1.165, 1.54) is 0 Å². The Kier molecular flexibility index (Phi) is 3.26. The average Bonchev–Trinajstić information content (AvgIpc) is 2.64. The quantitative estimate of drug-likeness (QED) is 0.640. The molecule has 0 spiro atoms. The van der Waals surface area contributed by atoms with E-state index in [4.69, 9.17) is 5.11 Å². The summed E-state index contributed by atoms with van der Waals surface area (Å²) in [5.41, 5.74) is 1.23. The number of benzene rings is 1. The Labute approximate surface area is 102 Å². The van der Waals surface area contributed by atoms with Gasteiger partial charge in [-0.15, -0.1) is 0 Å². The van der Waals surface area contributed by atoms with Crippen LogP contribution in [0.2, 0.25) is 0 Å². The Morgan fingerprint density at radius 2 is 2.06 bits per heavy atom. The Morgan fingerprint density at radius 1 is 1.29 bits per heavy atom. The van der Waals surface area contributed by atoms with E-state index in [1.54, 1.807) is 18.2 Å². The van der Waals surface area contributed by atoms with Crippen LogP contribution < -0.4 is 4.43 Å². The molecule has 1 aromatic heterocycles. The van der Waals surface area contributed by atoms with E-state index in [2.05, 4.69) is 4.98 Å². The summed E-state index contributed by atoms with van der Waals surface area (Å²) in [6.07, 6.45) is -0.180. The van der Waals surface area contributed by atoms with Gasteiger partial charge in [-0.2, -0.15) is 0 Å². The fourth-order valence-corrected chi connectivity index (χ4v) is 3.11. The first-order chi connectivity index (χ1) is 8.06. The summed E-state index contributed by atoms with van der Waals surface area (Å²) in [4.78, 5) is 35.9. The van der Waals surface area contributed by atoms with Gasteiger partial charge in [-0.25, -0.2) is 0 Å². The van der Waals surface area contributed by atoms with Gasteiger partial charge in [0, 0.05) is 0 Å². The molecule has 0 atom stereocenters. The molecule has 0 amide bonds. The van der Waals surface area contributed by atoms with E-state index in [9.17, 15) is 14.4 Å². The van der Waals surface area contributed by atoms with Crippen molar-refractivity contribution in [2.45, 2.75) is 12.8 Å². The molecule has 17 heavy (non-hydrogen) atoms. The van der Waals surface area contributed by atoms with E-state index >= 15 is 0 Å². The van der Waals surface area contributed by atoms with Gasteiger partial charge in [-0.1, -0.05) is 0 Å². The van der Waals surface area contributed by atoms with E-state index in [-0.39, 0.29) is 37.6 Å². The van der Waals surface area contributed by atoms with Gasteiger partial charge in [0.1, 0.15) is 0 Å². The maximum atomic E-state index is 11.7. The number of fused-ring (bicyclic) bond motifs is 1. The van der Waals surface area contributed by atoms with Crippen molar-refractivity contribution in [3.05, 3.63) is 33.0 Å². The molecule has 5 nitrogen and oxygen atoms in total. The summed E-state index contributed by atoms with van der Waals surface area (Å²) in [5, 5.41) is 8.50. The van der Waals surface area contributed by atoms with Crippen molar-refractivity contribution in [3.8, 4) is 0 Å². The van der Waals surface area contributed by atoms with Crippen molar-refractivity contribution in [3.63, 3.8) is 0 Å². The Bertz CT molecular complexity index is 640. The fraction of sp³-hybridized carbons (Fsp3) is 0.182. The molecule has 6 heteroatoms. The van der Waals surface area contributed by atoms with Gasteiger partial charge < -0.3 is 0 Å². The number of ketones is 1. The molecule has 0 aliphatic carbocycles. The molecule has 0 fully saturated rings. The number of aliphatic carboxylic acids is 1. The number of Topliss-reactive ketones (excluding diaryl/α,β-unsaturated/α-hetero) is 1. The Hall–Kier alpha value is -1.65. The third kappa shape index (κ3) is 2.72. The number of hydrogen-bond donors (Lipinski definition) is 2. The number of carboxylic acids is 1. The number of aromatic nitrogens is 1. The molecule has 2 N–H and O–H groups in total. The molecular weight excluding hydrogens is 289 g/mol. The standard InChI is InChI=1S/C11H9NO4Se/c13-8(3-4-10(14)15)6-1-2-7-9(5-6)17-11(16)12-7/h1-2,5H,3-4H2,(H,12,16)(H,14,15). The number of H-pyrrole nitrogens is 1. The SMILES string of the molecule is O=C(O)CCC(=O)c1ccc2[nH]c(=O)[se]c2c1. The first-order valence-corrected chi connectivity index (χ1v) is 6.65. The number of aromatic amines is 1. The van der Waals surface area contributed by atoms with Gasteiger partial charge in [0.2, 0.25) is 0 Å². The number of carbonyl (C=O) groups excluding carboxylic acids is 1. The van der Waals surface area contributed by atoms with Crippen molar-refractivity contribution < 1.29 is 14.7 Å². The summed E-state index contributed by atoms with van der Waals surface area (Å²) in [6.45, 7) is 0. The number of carbonyl (C=O) groups is 2. The van der Waals surface area contributed by atoms with E-state index in [1.807, 2.05) is 0 Å². The molecule has 0 aliphatic rings. The molecule has 2 rings (SSSR count). The normalized spacial score (nSPS) is 10.6. The first-order valence-electron chi connectivity index (χ1n) is 4.94. The molecule has 0 saturated carbocycles. The van der Waals surface area contributed by atoms with Crippen LogP contribution in [0.25, 0.3) is 9.78 Å². The summed E-state index contributed by atoms with van der Waals surface area (Å²) in [6, 6.07) is 4.98. The molecule has 0 saturated heterocycles. The monoisotopic (exact) mass is 299 g/mol. The Balaban J connectivity index is 2.26. The van der Waals surface area contributed by atoms with E-state index in [0.717, 1.165) is 9.78 Å². The summed E-state index contributed by atoms with van der Waals surface area (Å²) < 4.78 is 0.825. The molecule has 0 aliphatic heterocycles. The van der Waals surface area contributed by atoms with Gasteiger partial charge in [-0.05, 0) is 0 Å². The average molecular weight is 298 g/mol. The van der Waals surface area contributed by atoms with Crippen molar-refractivity contribution in [2.75, 3.05) is 0 Å². The van der Waals surface area contributed by atoms with Crippen LogP contribution in [-0.2, 0) is 4.79 Å². The summed E-state index contributed by atoms with van der Waals surface area (Å²) in [7, 11) is 0. The predicted molar refractivity (Wildman–Crippen MR) is 62.7 cm³/mol. The fourth-order valence-electron chi connectivity index (χ4n) is 1.48. The topological polar surface area (TPSA) is 87.2 Å². The zero-order valence-corrected chi connectivity index (χ0v) is 10.4. The zero-order chi connectivity index (χ0) is 12.4. The minimum atomic E-state index is -0.986. The van der Waals surface area contributed by atoms with Gasteiger partial charge in [0.05, 0.1) is 0 Å². The number of carboxylic acid groups (broad SMARTS) is 1. The second-order valence-corrected chi connectivity index (χ2v) is 5.67. The molecule has 0 radical (unpaired) electrons. The number of hydrogen-bond acceptors (Lipinski definition) is 3. The molecule has 0 unspecified atom stereocenters.